The molecular weight excluding hydrogens is 474 g/mol. The normalized spacial score (nSPS) is 18.6. The Balaban J connectivity index is 1.35. The van der Waals surface area contributed by atoms with Gasteiger partial charge >= 0.3 is 5.63 Å². The van der Waals surface area contributed by atoms with Crippen LogP contribution in [0.3, 0.4) is 0 Å². The summed E-state index contributed by atoms with van der Waals surface area (Å²) >= 11 is 0. The highest BCUT2D eigenvalue weighted by molar-refractivity contribution is 7.89. The lowest BCUT2D eigenvalue weighted by Crippen LogP contribution is -2.51. The minimum atomic E-state index is -3.89. The molecule has 3 aromatic rings. The van der Waals surface area contributed by atoms with Crippen LogP contribution < -0.4 is 15.7 Å². The average molecular weight is 498 g/mol. The molecule has 1 saturated heterocycles. The molecular formula is C24H23N3O7S. The molecule has 2 aliphatic heterocycles. The molecule has 1 N–H and O–H groups in total. The maximum atomic E-state index is 13.4. The fourth-order valence-electron chi connectivity index (χ4n) is 4.27. The third kappa shape index (κ3) is 4.06. The Morgan fingerprint density at radius 3 is 2.51 bits per heavy atom. The maximum Gasteiger partial charge on any atom is 0.349 e. The maximum absolute atomic E-state index is 13.4. The summed E-state index contributed by atoms with van der Waals surface area (Å²) in [5.41, 5.74) is 0.473. The van der Waals surface area contributed by atoms with Gasteiger partial charge in [0.2, 0.25) is 10.0 Å². The van der Waals surface area contributed by atoms with Crippen LogP contribution >= 0.6 is 0 Å². The Kier molecular flexibility index (Phi) is 5.60. The lowest BCUT2D eigenvalue weighted by atomic mass is 10.1. The van der Waals surface area contributed by atoms with E-state index in [0.717, 1.165) is 0 Å². The van der Waals surface area contributed by atoms with Gasteiger partial charge in [-0.15, -0.1) is 0 Å². The third-order valence-corrected chi connectivity index (χ3v) is 8.26. The molecule has 1 unspecified atom stereocenters. The van der Waals surface area contributed by atoms with E-state index in [1.165, 1.54) is 21.3 Å². The van der Waals surface area contributed by atoms with Crippen molar-refractivity contribution in [1.29, 1.82) is 0 Å². The molecule has 10 nitrogen and oxygen atoms in total. The highest BCUT2D eigenvalue weighted by Gasteiger charge is 2.34. The summed E-state index contributed by atoms with van der Waals surface area (Å²) in [5.74, 6) is -0.503. The fourth-order valence-corrected chi connectivity index (χ4v) is 5.92. The Bertz CT molecular complexity index is 1520. The van der Waals surface area contributed by atoms with Crippen LogP contribution in [0.1, 0.15) is 22.8 Å². The van der Waals surface area contributed by atoms with E-state index in [1.54, 1.807) is 44.2 Å². The van der Waals surface area contributed by atoms with Crippen LogP contribution in [0.15, 0.2) is 56.6 Å². The molecule has 0 saturated carbocycles. The summed E-state index contributed by atoms with van der Waals surface area (Å²) < 4.78 is 38.9. The smallest absolute Gasteiger partial charge is 0.349 e. The van der Waals surface area contributed by atoms with Gasteiger partial charge in [0.15, 0.2) is 6.10 Å². The van der Waals surface area contributed by atoms with Crippen LogP contribution in [0.4, 0.5) is 5.69 Å². The molecule has 1 fully saturated rings. The first-order chi connectivity index (χ1) is 16.6. The highest BCUT2D eigenvalue weighted by Crippen LogP contribution is 2.35. The SMILES string of the molecule is Cc1cc2c(cc1S(=O)(=O)N1CCN(C(=O)c3cc4ccccc4oc3=O)CC1)OC(C)C(=O)N2. The second kappa shape index (κ2) is 8.51. The summed E-state index contributed by atoms with van der Waals surface area (Å²) in [6.07, 6.45) is -0.733. The van der Waals surface area contributed by atoms with Gasteiger partial charge in [-0.2, -0.15) is 4.31 Å². The molecule has 0 aliphatic carbocycles. The second-order valence-electron chi connectivity index (χ2n) is 8.54. The van der Waals surface area contributed by atoms with E-state index in [1.807, 2.05) is 0 Å². The van der Waals surface area contributed by atoms with Gasteiger partial charge in [0, 0.05) is 37.6 Å². The van der Waals surface area contributed by atoms with Crippen molar-refractivity contribution in [3.05, 3.63) is 64.0 Å². The molecule has 3 heterocycles. The van der Waals surface area contributed by atoms with Gasteiger partial charge in [-0.3, -0.25) is 9.59 Å². The van der Waals surface area contributed by atoms with Crippen LogP contribution in [0, 0.1) is 6.92 Å². The minimum absolute atomic E-state index is 0.0670. The number of hydrogen-bond donors (Lipinski definition) is 1. The van der Waals surface area contributed by atoms with Crippen molar-refractivity contribution in [2.45, 2.75) is 24.8 Å². The van der Waals surface area contributed by atoms with E-state index in [4.69, 9.17) is 9.15 Å². The van der Waals surface area contributed by atoms with E-state index in [0.29, 0.717) is 22.2 Å². The molecule has 0 bridgehead atoms. The van der Waals surface area contributed by atoms with Crippen LogP contribution in [0.25, 0.3) is 11.0 Å². The molecule has 182 valence electrons. The molecule has 0 spiro atoms. The second-order valence-corrected chi connectivity index (χ2v) is 10.5. The molecule has 35 heavy (non-hydrogen) atoms. The van der Waals surface area contributed by atoms with Crippen LogP contribution in [-0.2, 0) is 14.8 Å². The number of amides is 2. The number of nitrogens with zero attached hydrogens (tertiary/aromatic N) is 2. The summed E-state index contributed by atoms with van der Waals surface area (Å²) in [7, 11) is -3.89. The van der Waals surface area contributed by atoms with E-state index in [-0.39, 0.29) is 48.3 Å². The standard InChI is InChI=1S/C24H23N3O7S/c1-14-11-18-20(33-15(2)22(28)25-18)13-21(14)35(31,32)27-9-7-26(8-10-27)23(29)17-12-16-5-3-4-6-19(16)34-24(17)30/h3-6,11-13,15H,7-10H2,1-2H3,(H,25,28). The van der Waals surface area contributed by atoms with Crippen molar-refractivity contribution in [1.82, 2.24) is 9.21 Å². The molecule has 1 aromatic heterocycles. The van der Waals surface area contributed by atoms with E-state index < -0.39 is 27.7 Å². The number of rotatable bonds is 3. The summed E-state index contributed by atoms with van der Waals surface area (Å²) in [5, 5.41) is 3.34. The number of para-hydroxylation sites is 1. The zero-order chi connectivity index (χ0) is 24.9. The quantitative estimate of drug-likeness (QED) is 0.548. The first-order valence-corrected chi connectivity index (χ1v) is 12.5. The number of fused-ring (bicyclic) bond motifs is 2. The number of benzene rings is 2. The van der Waals surface area contributed by atoms with Gasteiger partial charge in [-0.05, 0) is 37.6 Å². The van der Waals surface area contributed by atoms with Gasteiger partial charge in [-0.1, -0.05) is 18.2 Å². The van der Waals surface area contributed by atoms with Crippen molar-refractivity contribution in [2.24, 2.45) is 0 Å². The molecule has 1 atom stereocenters. The van der Waals surface area contributed by atoms with Crippen molar-refractivity contribution in [3.63, 3.8) is 0 Å². The number of nitrogens with one attached hydrogen (secondary N) is 1. The van der Waals surface area contributed by atoms with Gasteiger partial charge in [0.05, 0.1) is 10.6 Å². The summed E-state index contributed by atoms with van der Waals surface area (Å²) in [4.78, 5) is 38.8. The van der Waals surface area contributed by atoms with Crippen molar-refractivity contribution < 1.29 is 27.2 Å². The summed E-state index contributed by atoms with van der Waals surface area (Å²) in [6, 6.07) is 11.4. The van der Waals surface area contributed by atoms with Crippen LogP contribution in [0.5, 0.6) is 5.75 Å². The van der Waals surface area contributed by atoms with Gasteiger partial charge in [0.25, 0.3) is 11.8 Å². The first kappa shape index (κ1) is 23.1. The Labute approximate surface area is 201 Å². The fraction of sp³-hybridized carbons (Fsp3) is 0.292. The van der Waals surface area contributed by atoms with Crippen molar-refractivity contribution >= 4 is 38.5 Å². The molecule has 2 aromatic carbocycles. The highest BCUT2D eigenvalue weighted by atomic mass is 32.2. The van der Waals surface area contributed by atoms with E-state index in [2.05, 4.69) is 5.32 Å². The van der Waals surface area contributed by atoms with Crippen molar-refractivity contribution in [3.8, 4) is 5.75 Å². The number of carbonyl (C=O) groups excluding carboxylic acids is 2. The molecule has 5 rings (SSSR count). The lowest BCUT2D eigenvalue weighted by Gasteiger charge is -2.34. The van der Waals surface area contributed by atoms with Crippen molar-refractivity contribution in [2.75, 3.05) is 31.5 Å². The third-order valence-electron chi connectivity index (χ3n) is 6.22. The number of anilines is 1. The monoisotopic (exact) mass is 497 g/mol. The van der Waals surface area contributed by atoms with Gasteiger partial charge < -0.3 is 19.4 Å². The van der Waals surface area contributed by atoms with E-state index in [9.17, 15) is 22.8 Å². The lowest BCUT2D eigenvalue weighted by molar-refractivity contribution is -0.122. The number of carbonyl (C=O) groups is 2. The number of sulfonamides is 1. The Morgan fingerprint density at radius 1 is 1.06 bits per heavy atom. The average Bonchev–Trinajstić information content (AvgIpc) is 2.84. The number of hydrogen-bond acceptors (Lipinski definition) is 7. The zero-order valence-corrected chi connectivity index (χ0v) is 19.9. The first-order valence-electron chi connectivity index (χ1n) is 11.1. The largest absolute Gasteiger partial charge is 0.479 e. The van der Waals surface area contributed by atoms with Gasteiger partial charge in [0.1, 0.15) is 16.9 Å². The molecule has 0 radical (unpaired) electrons. The molecule has 11 heteroatoms. The molecule has 2 amide bonds. The Hall–Kier alpha value is -3.70. The Morgan fingerprint density at radius 2 is 1.77 bits per heavy atom. The topological polar surface area (TPSA) is 126 Å². The van der Waals surface area contributed by atoms with Gasteiger partial charge in [-0.25, -0.2) is 13.2 Å². The minimum Gasteiger partial charge on any atom is -0.479 e. The number of ether oxygens (including phenoxy) is 1. The number of aryl methyl sites for hydroxylation is 1. The van der Waals surface area contributed by atoms with Crippen LogP contribution in [-0.4, -0.2) is 61.7 Å². The predicted molar refractivity (Wildman–Crippen MR) is 127 cm³/mol. The van der Waals surface area contributed by atoms with Crippen LogP contribution in [0.2, 0.25) is 0 Å². The predicted octanol–water partition coefficient (Wildman–Crippen LogP) is 1.97. The summed E-state index contributed by atoms with van der Waals surface area (Å²) in [6.45, 7) is 3.61. The van der Waals surface area contributed by atoms with E-state index >= 15 is 0 Å². The molecule has 2 aliphatic rings. The number of piperazine rings is 1. The zero-order valence-electron chi connectivity index (χ0n) is 19.1.